The fraction of sp³-hybridized carbons (Fsp3) is 0.478. The molecule has 0 spiro atoms. The lowest BCUT2D eigenvalue weighted by Crippen LogP contribution is -2.54. The summed E-state index contributed by atoms with van der Waals surface area (Å²) in [5.74, 6) is 0.993. The van der Waals surface area contributed by atoms with Crippen molar-refractivity contribution in [2.75, 3.05) is 18.5 Å². The summed E-state index contributed by atoms with van der Waals surface area (Å²) in [5, 5.41) is 19.5. The van der Waals surface area contributed by atoms with Gasteiger partial charge in [0.1, 0.15) is 18.7 Å². The van der Waals surface area contributed by atoms with E-state index in [1.165, 1.54) is 0 Å². The van der Waals surface area contributed by atoms with Crippen LogP contribution in [0.3, 0.4) is 0 Å². The van der Waals surface area contributed by atoms with Crippen molar-refractivity contribution >= 4 is 29.6 Å². The monoisotopic (exact) mass is 475 g/mol. The number of alkyl carbamates (subject to hydrolysis) is 1. The highest BCUT2D eigenvalue weighted by Crippen LogP contribution is 2.12. The number of aliphatic hydroxyl groups is 1. The molecule has 0 aromatic heterocycles. The number of hydrogen-bond donors (Lipinski definition) is 6. The maximum atomic E-state index is 12.9. The van der Waals surface area contributed by atoms with E-state index in [1.54, 1.807) is 38.1 Å². The molecule has 0 heterocycles. The van der Waals surface area contributed by atoms with E-state index in [0.29, 0.717) is 17.7 Å². The highest BCUT2D eigenvalue weighted by atomic mass is 16.5. The van der Waals surface area contributed by atoms with Crippen molar-refractivity contribution in [3.8, 4) is 12.3 Å². The fourth-order valence-electron chi connectivity index (χ4n) is 2.88. The summed E-state index contributed by atoms with van der Waals surface area (Å²) in [6, 6.07) is 3.96. The average Bonchev–Trinajstić information content (AvgIpc) is 2.79. The molecule has 11 nitrogen and oxygen atoms in total. The lowest BCUT2D eigenvalue weighted by molar-refractivity contribution is -0.128. The highest BCUT2D eigenvalue weighted by molar-refractivity contribution is 5.98. The Bertz CT molecular complexity index is 866. The number of carbonyl (C=O) groups excluding carboxylic acids is 4. The number of benzene rings is 1. The van der Waals surface area contributed by atoms with Crippen molar-refractivity contribution in [2.24, 2.45) is 11.7 Å². The third-order valence-electron chi connectivity index (χ3n) is 4.71. The Labute approximate surface area is 199 Å². The van der Waals surface area contributed by atoms with Crippen molar-refractivity contribution in [3.63, 3.8) is 0 Å². The van der Waals surface area contributed by atoms with Gasteiger partial charge in [0.2, 0.25) is 11.8 Å². The van der Waals surface area contributed by atoms with Gasteiger partial charge in [-0.2, -0.15) is 0 Å². The molecule has 1 rings (SSSR count). The molecule has 186 valence electrons. The summed E-state index contributed by atoms with van der Waals surface area (Å²) in [6.07, 6.45) is 5.14. The molecule has 0 aliphatic heterocycles. The van der Waals surface area contributed by atoms with Gasteiger partial charge in [-0.05, 0) is 36.5 Å². The summed E-state index contributed by atoms with van der Waals surface area (Å²) in [4.78, 5) is 48.7. The molecule has 0 bridgehead atoms. The average molecular weight is 476 g/mol. The van der Waals surface area contributed by atoms with Gasteiger partial charge in [0.05, 0.1) is 6.61 Å². The number of primary amides is 1. The summed E-state index contributed by atoms with van der Waals surface area (Å²) in [5.41, 5.74) is 6.22. The SMILES string of the molecule is C#CCCOC(=O)N[C@H](C(=O)N[C@@H](CCCNC(N)=O)C(=O)Nc1ccc(CO)cc1)C(C)C. The Balaban J connectivity index is 2.87. The Hall–Kier alpha value is -3.78. The molecule has 0 saturated carbocycles. The van der Waals surface area contributed by atoms with Crippen LogP contribution in [0, 0.1) is 18.3 Å². The van der Waals surface area contributed by atoms with E-state index in [0.717, 1.165) is 0 Å². The minimum atomic E-state index is -0.958. The molecular weight excluding hydrogens is 442 g/mol. The summed E-state index contributed by atoms with van der Waals surface area (Å²) in [6.45, 7) is 3.57. The number of ether oxygens (including phenoxy) is 1. The Morgan fingerprint density at radius 2 is 1.79 bits per heavy atom. The zero-order chi connectivity index (χ0) is 25.5. The van der Waals surface area contributed by atoms with Gasteiger partial charge in [-0.25, -0.2) is 9.59 Å². The third-order valence-corrected chi connectivity index (χ3v) is 4.71. The van der Waals surface area contributed by atoms with Crippen molar-refractivity contribution in [3.05, 3.63) is 29.8 Å². The molecule has 0 unspecified atom stereocenters. The summed E-state index contributed by atoms with van der Waals surface area (Å²) < 4.78 is 4.94. The number of rotatable bonds is 13. The molecule has 2 atom stereocenters. The van der Waals surface area contributed by atoms with Gasteiger partial charge in [-0.3, -0.25) is 9.59 Å². The molecule has 1 aromatic rings. The molecule has 0 radical (unpaired) electrons. The van der Waals surface area contributed by atoms with Gasteiger partial charge in [0.25, 0.3) is 0 Å². The summed E-state index contributed by atoms with van der Waals surface area (Å²) >= 11 is 0. The molecule has 5 amide bonds. The maximum absolute atomic E-state index is 12.9. The van der Waals surface area contributed by atoms with E-state index in [2.05, 4.69) is 27.2 Å². The smallest absolute Gasteiger partial charge is 0.407 e. The number of nitrogens with two attached hydrogens (primary N) is 1. The second-order valence-electron chi connectivity index (χ2n) is 7.79. The predicted molar refractivity (Wildman–Crippen MR) is 126 cm³/mol. The Kier molecular flexibility index (Phi) is 12.6. The van der Waals surface area contributed by atoms with Crippen molar-refractivity contribution in [1.29, 1.82) is 0 Å². The van der Waals surface area contributed by atoms with Crippen molar-refractivity contribution in [2.45, 2.75) is 51.8 Å². The fourth-order valence-corrected chi connectivity index (χ4v) is 2.88. The first-order valence-electron chi connectivity index (χ1n) is 10.9. The van der Waals surface area contributed by atoms with Crippen LogP contribution in [0.2, 0.25) is 0 Å². The van der Waals surface area contributed by atoms with Crippen LogP contribution in [-0.4, -0.2) is 54.3 Å². The Morgan fingerprint density at radius 3 is 2.35 bits per heavy atom. The highest BCUT2D eigenvalue weighted by Gasteiger charge is 2.29. The number of anilines is 1. The number of nitrogens with one attached hydrogen (secondary N) is 4. The van der Waals surface area contributed by atoms with Crippen LogP contribution < -0.4 is 27.0 Å². The number of terminal acetylenes is 1. The first-order valence-corrected chi connectivity index (χ1v) is 10.9. The lowest BCUT2D eigenvalue weighted by Gasteiger charge is -2.25. The van der Waals surface area contributed by atoms with E-state index < -0.39 is 36.0 Å². The molecule has 0 saturated heterocycles. The number of amides is 5. The van der Waals surface area contributed by atoms with Crippen LogP contribution in [-0.2, 0) is 20.9 Å². The zero-order valence-electron chi connectivity index (χ0n) is 19.4. The van der Waals surface area contributed by atoms with Gasteiger partial charge in [-0.15, -0.1) is 12.3 Å². The van der Waals surface area contributed by atoms with Crippen LogP contribution >= 0.6 is 0 Å². The zero-order valence-corrected chi connectivity index (χ0v) is 19.4. The number of urea groups is 1. The second-order valence-corrected chi connectivity index (χ2v) is 7.79. The van der Waals surface area contributed by atoms with Crippen LogP contribution in [0.15, 0.2) is 24.3 Å². The molecule has 11 heteroatoms. The molecule has 0 fully saturated rings. The maximum Gasteiger partial charge on any atom is 0.407 e. The van der Waals surface area contributed by atoms with E-state index in [4.69, 9.17) is 22.0 Å². The minimum Gasteiger partial charge on any atom is -0.449 e. The van der Waals surface area contributed by atoms with Gasteiger partial charge in [0.15, 0.2) is 0 Å². The Morgan fingerprint density at radius 1 is 1.12 bits per heavy atom. The van der Waals surface area contributed by atoms with Gasteiger partial charge < -0.3 is 36.8 Å². The molecule has 1 aromatic carbocycles. The van der Waals surface area contributed by atoms with Crippen LogP contribution in [0.1, 0.15) is 38.7 Å². The quantitative estimate of drug-likeness (QED) is 0.182. The first-order chi connectivity index (χ1) is 16.2. The van der Waals surface area contributed by atoms with Crippen LogP contribution in [0.4, 0.5) is 15.3 Å². The third kappa shape index (κ3) is 10.7. The van der Waals surface area contributed by atoms with E-state index in [9.17, 15) is 19.2 Å². The van der Waals surface area contributed by atoms with E-state index in [1.807, 2.05) is 0 Å². The number of carbonyl (C=O) groups is 4. The lowest BCUT2D eigenvalue weighted by atomic mass is 10.0. The molecule has 7 N–H and O–H groups in total. The summed E-state index contributed by atoms with van der Waals surface area (Å²) in [7, 11) is 0. The molecular formula is C23H33N5O6. The second kappa shape index (κ2) is 15.1. The standard InChI is InChI=1S/C23H33N5O6/c1-4-5-13-34-23(33)28-19(15(2)3)21(31)27-18(7-6-12-25-22(24)32)20(30)26-17-10-8-16(14-29)9-11-17/h1,8-11,15,18-19,29H,5-7,12-14H2,2-3H3,(H,26,30)(H,27,31)(H,28,33)(H3,24,25,32)/t18-,19-/m0/s1. The molecule has 34 heavy (non-hydrogen) atoms. The van der Waals surface area contributed by atoms with Crippen LogP contribution in [0.25, 0.3) is 0 Å². The van der Waals surface area contributed by atoms with E-state index >= 15 is 0 Å². The molecule has 0 aliphatic carbocycles. The van der Waals surface area contributed by atoms with Gasteiger partial charge >= 0.3 is 12.1 Å². The number of aliphatic hydroxyl groups excluding tert-OH is 1. The molecule has 0 aliphatic rings. The van der Waals surface area contributed by atoms with Gasteiger partial charge in [-0.1, -0.05) is 26.0 Å². The van der Waals surface area contributed by atoms with Crippen molar-refractivity contribution in [1.82, 2.24) is 16.0 Å². The topological polar surface area (TPSA) is 172 Å². The normalized spacial score (nSPS) is 12.1. The minimum absolute atomic E-state index is 0.0156. The first kappa shape index (κ1) is 28.3. The van der Waals surface area contributed by atoms with Crippen molar-refractivity contribution < 1.29 is 29.0 Å². The largest absolute Gasteiger partial charge is 0.449 e. The number of hydrogen-bond acceptors (Lipinski definition) is 6. The van der Waals surface area contributed by atoms with E-state index in [-0.39, 0.29) is 38.5 Å². The van der Waals surface area contributed by atoms with Crippen LogP contribution in [0.5, 0.6) is 0 Å². The predicted octanol–water partition coefficient (Wildman–Crippen LogP) is 0.825. The van der Waals surface area contributed by atoms with Gasteiger partial charge in [0, 0.05) is 18.7 Å².